The number of nitrogens with two attached hydrogens (primary N) is 1. The highest BCUT2D eigenvalue weighted by atomic mass is 32.2. The Hall–Kier alpha value is -1.87. The summed E-state index contributed by atoms with van der Waals surface area (Å²) in [6.07, 6.45) is 3.00. The van der Waals surface area contributed by atoms with Gasteiger partial charge < -0.3 is 5.73 Å². The van der Waals surface area contributed by atoms with Crippen molar-refractivity contribution in [2.45, 2.75) is 18.4 Å². The zero-order chi connectivity index (χ0) is 14.2. The Balaban J connectivity index is 2.19. The van der Waals surface area contributed by atoms with Gasteiger partial charge in [0.15, 0.2) is 5.82 Å². The van der Waals surface area contributed by atoms with E-state index in [2.05, 4.69) is 14.9 Å². The number of rotatable bonds is 4. The summed E-state index contributed by atoms with van der Waals surface area (Å²) in [5.74, 6) is -0.0158. The summed E-state index contributed by atoms with van der Waals surface area (Å²) in [6, 6.07) is 0. The van der Waals surface area contributed by atoms with E-state index in [9.17, 15) is 8.42 Å². The highest BCUT2D eigenvalue weighted by Crippen LogP contribution is 2.16. The monoisotopic (exact) mass is 284 g/mol. The lowest BCUT2D eigenvalue weighted by Crippen LogP contribution is -2.24. The molecule has 0 atom stereocenters. The summed E-state index contributed by atoms with van der Waals surface area (Å²) in [5, 5.41) is 7.86. The fraction of sp³-hybridized carbons (Fsp3) is 0.400. The number of nitrogens with one attached hydrogen (secondary N) is 1. The molecule has 0 saturated heterocycles. The lowest BCUT2D eigenvalue weighted by molar-refractivity contribution is 0.581. The molecule has 0 unspecified atom stereocenters. The third-order valence-corrected chi connectivity index (χ3v) is 4.32. The summed E-state index contributed by atoms with van der Waals surface area (Å²) < 4.78 is 29.7. The molecule has 2 rings (SSSR count). The predicted octanol–water partition coefficient (Wildman–Crippen LogP) is -0.477. The van der Waals surface area contributed by atoms with E-state index in [1.165, 1.54) is 10.9 Å². The molecule has 0 aliphatic carbocycles. The lowest BCUT2D eigenvalue weighted by Gasteiger charge is -2.05. The molecule has 2 aromatic heterocycles. The highest BCUT2D eigenvalue weighted by molar-refractivity contribution is 7.89. The van der Waals surface area contributed by atoms with Crippen molar-refractivity contribution in [2.75, 3.05) is 5.73 Å². The Bertz CT molecular complexity index is 700. The van der Waals surface area contributed by atoms with Crippen LogP contribution in [0.3, 0.4) is 0 Å². The summed E-state index contributed by atoms with van der Waals surface area (Å²) in [5.41, 5.74) is 7.28. The molecule has 104 valence electrons. The van der Waals surface area contributed by atoms with Crippen LogP contribution in [-0.2, 0) is 30.7 Å². The van der Waals surface area contributed by atoms with Gasteiger partial charge in [-0.2, -0.15) is 10.2 Å². The van der Waals surface area contributed by atoms with Crippen molar-refractivity contribution in [3.8, 4) is 0 Å². The summed E-state index contributed by atoms with van der Waals surface area (Å²) >= 11 is 0. The van der Waals surface area contributed by atoms with Gasteiger partial charge in [-0.25, -0.2) is 13.1 Å². The van der Waals surface area contributed by atoms with Gasteiger partial charge in [0.05, 0.1) is 6.20 Å². The first kappa shape index (κ1) is 13.6. The van der Waals surface area contributed by atoms with Crippen LogP contribution in [-0.4, -0.2) is 28.0 Å². The maximum absolute atomic E-state index is 12.1. The second-order valence-corrected chi connectivity index (χ2v) is 5.99. The number of aryl methyl sites for hydroxylation is 2. The third-order valence-electron chi connectivity index (χ3n) is 2.90. The first-order valence-electron chi connectivity index (χ1n) is 5.57. The van der Waals surface area contributed by atoms with Crippen LogP contribution in [0.25, 0.3) is 0 Å². The zero-order valence-electron chi connectivity index (χ0n) is 11.0. The lowest BCUT2D eigenvalue weighted by atomic mass is 10.3. The number of nitrogens with zero attached hydrogens (tertiary/aromatic N) is 4. The van der Waals surface area contributed by atoms with Crippen molar-refractivity contribution in [3.05, 3.63) is 23.7 Å². The van der Waals surface area contributed by atoms with Crippen molar-refractivity contribution in [1.29, 1.82) is 0 Å². The Kier molecular flexibility index (Phi) is 3.33. The molecule has 9 heteroatoms. The van der Waals surface area contributed by atoms with Crippen LogP contribution in [0.5, 0.6) is 0 Å². The van der Waals surface area contributed by atoms with E-state index < -0.39 is 10.0 Å². The van der Waals surface area contributed by atoms with Gasteiger partial charge in [0.25, 0.3) is 0 Å². The van der Waals surface area contributed by atoms with Gasteiger partial charge in [-0.05, 0) is 6.92 Å². The minimum atomic E-state index is -3.67. The van der Waals surface area contributed by atoms with Crippen LogP contribution >= 0.6 is 0 Å². The topological polar surface area (TPSA) is 108 Å². The van der Waals surface area contributed by atoms with Crippen molar-refractivity contribution >= 4 is 15.8 Å². The van der Waals surface area contributed by atoms with Crippen molar-refractivity contribution in [1.82, 2.24) is 24.3 Å². The molecule has 2 heterocycles. The Morgan fingerprint density at radius 1 is 1.42 bits per heavy atom. The summed E-state index contributed by atoms with van der Waals surface area (Å²) in [6.45, 7) is 2.03. The summed E-state index contributed by atoms with van der Waals surface area (Å²) in [4.78, 5) is -0.0171. The van der Waals surface area contributed by atoms with Crippen LogP contribution in [0.15, 0.2) is 17.3 Å². The molecule has 0 spiro atoms. The minimum absolute atomic E-state index is 0.0158. The van der Waals surface area contributed by atoms with Crippen molar-refractivity contribution in [3.63, 3.8) is 0 Å². The van der Waals surface area contributed by atoms with E-state index in [0.29, 0.717) is 0 Å². The van der Waals surface area contributed by atoms with Crippen LogP contribution in [0.2, 0.25) is 0 Å². The number of hydrogen-bond donors (Lipinski definition) is 2. The smallest absolute Gasteiger partial charge is 0.246 e. The van der Waals surface area contributed by atoms with Gasteiger partial charge in [0.2, 0.25) is 10.0 Å². The SMILES string of the molecule is Cc1c(CNS(=O)(=O)c2cn(C)nc2N)cnn1C. The molecule has 0 aliphatic heterocycles. The van der Waals surface area contributed by atoms with E-state index in [0.717, 1.165) is 11.3 Å². The molecule has 0 bridgehead atoms. The minimum Gasteiger partial charge on any atom is -0.381 e. The maximum atomic E-state index is 12.1. The number of anilines is 1. The molecule has 19 heavy (non-hydrogen) atoms. The molecule has 3 N–H and O–H groups in total. The van der Waals surface area contributed by atoms with Crippen LogP contribution in [0.1, 0.15) is 11.3 Å². The molecule has 0 saturated carbocycles. The number of sulfonamides is 1. The first-order valence-corrected chi connectivity index (χ1v) is 7.06. The highest BCUT2D eigenvalue weighted by Gasteiger charge is 2.20. The van der Waals surface area contributed by atoms with E-state index in [4.69, 9.17) is 5.73 Å². The van der Waals surface area contributed by atoms with E-state index in [1.807, 2.05) is 6.92 Å². The first-order chi connectivity index (χ1) is 8.81. The average molecular weight is 284 g/mol. The molecule has 0 fully saturated rings. The maximum Gasteiger partial charge on any atom is 0.246 e. The largest absolute Gasteiger partial charge is 0.381 e. The van der Waals surface area contributed by atoms with Crippen LogP contribution in [0, 0.1) is 6.92 Å². The van der Waals surface area contributed by atoms with E-state index in [1.54, 1.807) is 25.0 Å². The third kappa shape index (κ3) is 2.61. The molecule has 0 amide bonds. The van der Waals surface area contributed by atoms with Gasteiger partial charge in [-0.15, -0.1) is 0 Å². The molecular formula is C10H16N6O2S. The quantitative estimate of drug-likeness (QED) is 0.788. The molecule has 8 nitrogen and oxygen atoms in total. The molecule has 0 aromatic carbocycles. The molecule has 0 aliphatic rings. The van der Waals surface area contributed by atoms with E-state index >= 15 is 0 Å². The van der Waals surface area contributed by atoms with E-state index in [-0.39, 0.29) is 17.3 Å². The number of hydrogen-bond acceptors (Lipinski definition) is 5. The Labute approximate surface area is 111 Å². The van der Waals surface area contributed by atoms with Gasteiger partial charge in [0, 0.05) is 38.1 Å². The molecule has 0 radical (unpaired) electrons. The normalized spacial score (nSPS) is 11.9. The Morgan fingerprint density at radius 3 is 2.58 bits per heavy atom. The van der Waals surface area contributed by atoms with Crippen LogP contribution < -0.4 is 10.5 Å². The summed E-state index contributed by atoms with van der Waals surface area (Å²) in [7, 11) is -0.261. The van der Waals surface area contributed by atoms with Crippen molar-refractivity contribution in [2.24, 2.45) is 14.1 Å². The zero-order valence-corrected chi connectivity index (χ0v) is 11.8. The Morgan fingerprint density at radius 2 is 2.11 bits per heavy atom. The fourth-order valence-electron chi connectivity index (χ4n) is 1.66. The second-order valence-electron chi connectivity index (χ2n) is 4.26. The van der Waals surface area contributed by atoms with Crippen molar-refractivity contribution < 1.29 is 8.42 Å². The fourth-order valence-corrected chi connectivity index (χ4v) is 2.77. The number of aromatic nitrogens is 4. The predicted molar refractivity (Wildman–Crippen MR) is 69.6 cm³/mol. The number of nitrogen functional groups attached to an aromatic ring is 1. The van der Waals surface area contributed by atoms with Gasteiger partial charge in [-0.3, -0.25) is 9.36 Å². The van der Waals surface area contributed by atoms with Gasteiger partial charge in [0.1, 0.15) is 4.90 Å². The second kappa shape index (κ2) is 4.67. The van der Waals surface area contributed by atoms with Crippen LogP contribution in [0.4, 0.5) is 5.82 Å². The standard InChI is InChI=1S/C10H16N6O2S/c1-7-8(4-12-16(7)3)5-13-19(17,18)9-6-15(2)14-10(9)11/h4,6,13H,5H2,1-3H3,(H2,11,14). The van der Waals surface area contributed by atoms with Gasteiger partial charge >= 0.3 is 0 Å². The molecule has 2 aromatic rings. The van der Waals surface area contributed by atoms with Gasteiger partial charge in [-0.1, -0.05) is 0 Å². The average Bonchev–Trinajstić information content (AvgIpc) is 2.82. The molecular weight excluding hydrogens is 268 g/mol.